The number of aromatic nitrogens is 3. The lowest BCUT2D eigenvalue weighted by molar-refractivity contribution is -0.0500. The van der Waals surface area contributed by atoms with E-state index >= 15 is 0 Å². The third-order valence-corrected chi connectivity index (χ3v) is 2.38. The van der Waals surface area contributed by atoms with E-state index in [1.165, 1.54) is 18.3 Å². The average Bonchev–Trinajstić information content (AvgIpc) is 2.36. The van der Waals surface area contributed by atoms with Gasteiger partial charge in [0.15, 0.2) is 0 Å². The zero-order valence-corrected chi connectivity index (χ0v) is 10.8. The van der Waals surface area contributed by atoms with E-state index in [1.807, 2.05) is 0 Å². The maximum absolute atomic E-state index is 12.0. The molecule has 0 saturated carbocycles. The third kappa shape index (κ3) is 4.16. The second-order valence-electron chi connectivity index (χ2n) is 3.65. The summed E-state index contributed by atoms with van der Waals surface area (Å²) in [4.78, 5) is 11.6. The fourth-order valence-corrected chi connectivity index (χ4v) is 1.58. The van der Waals surface area contributed by atoms with Gasteiger partial charge in [0.1, 0.15) is 16.7 Å². The molecule has 0 unspecified atom stereocenters. The van der Waals surface area contributed by atoms with Gasteiger partial charge in [-0.05, 0) is 12.1 Å². The number of hydrogen-bond donors (Lipinski definition) is 2. The zero-order chi connectivity index (χ0) is 14.5. The monoisotopic (exact) mass is 301 g/mol. The highest BCUT2D eigenvalue weighted by Crippen LogP contribution is 2.15. The Morgan fingerprint density at radius 3 is 2.75 bits per heavy atom. The molecule has 0 atom stereocenters. The van der Waals surface area contributed by atoms with Crippen molar-refractivity contribution in [2.24, 2.45) is 0 Å². The topological polar surface area (TPSA) is 86.0 Å². The molecule has 0 fully saturated rings. The highest BCUT2D eigenvalue weighted by molar-refractivity contribution is 6.29. The number of pyridine rings is 1. The van der Waals surface area contributed by atoms with Crippen molar-refractivity contribution in [2.75, 3.05) is 11.1 Å². The Balaban J connectivity index is 1.96. The molecule has 2 aromatic heterocycles. The summed E-state index contributed by atoms with van der Waals surface area (Å²) >= 11 is 5.73. The van der Waals surface area contributed by atoms with Crippen LogP contribution in [0.4, 0.5) is 20.5 Å². The minimum absolute atomic E-state index is 0.00178. The number of anilines is 2. The second kappa shape index (κ2) is 6.29. The number of nitrogens with zero attached hydrogens (tertiary/aromatic N) is 3. The molecule has 6 nitrogen and oxygen atoms in total. The number of rotatable bonds is 5. The predicted octanol–water partition coefficient (Wildman–Crippen LogP) is 2.32. The van der Waals surface area contributed by atoms with Crippen LogP contribution in [0.5, 0.6) is 5.75 Å². The Morgan fingerprint density at radius 2 is 2.15 bits per heavy atom. The number of halogens is 3. The molecule has 0 saturated heterocycles. The summed E-state index contributed by atoms with van der Waals surface area (Å²) in [7, 11) is 0. The molecule has 0 aliphatic rings. The normalized spacial score (nSPS) is 10.6. The van der Waals surface area contributed by atoms with Gasteiger partial charge in [-0.2, -0.15) is 13.8 Å². The molecule has 106 valence electrons. The first-order valence-corrected chi connectivity index (χ1v) is 5.84. The predicted molar refractivity (Wildman–Crippen MR) is 69.7 cm³/mol. The van der Waals surface area contributed by atoms with E-state index in [1.54, 1.807) is 6.07 Å². The van der Waals surface area contributed by atoms with Gasteiger partial charge in [-0.15, -0.1) is 0 Å². The van der Waals surface area contributed by atoms with Crippen LogP contribution in [0.15, 0.2) is 24.4 Å². The van der Waals surface area contributed by atoms with Gasteiger partial charge < -0.3 is 15.8 Å². The maximum atomic E-state index is 12.0. The van der Waals surface area contributed by atoms with Crippen molar-refractivity contribution < 1.29 is 13.5 Å². The van der Waals surface area contributed by atoms with Crippen LogP contribution in [0.25, 0.3) is 0 Å². The molecule has 0 aliphatic carbocycles. The molecule has 0 spiro atoms. The summed E-state index contributed by atoms with van der Waals surface area (Å²) in [5.74, 6) is 0.490. The van der Waals surface area contributed by atoms with E-state index in [4.69, 9.17) is 17.3 Å². The first-order valence-electron chi connectivity index (χ1n) is 5.46. The van der Waals surface area contributed by atoms with Crippen LogP contribution in [0.3, 0.4) is 0 Å². The first kappa shape index (κ1) is 14.2. The number of nitrogens with two attached hydrogens (primary N) is 1. The Kier molecular flexibility index (Phi) is 4.46. The Morgan fingerprint density at radius 1 is 1.35 bits per heavy atom. The van der Waals surface area contributed by atoms with Crippen LogP contribution in [0, 0.1) is 0 Å². The lowest BCUT2D eigenvalue weighted by atomic mass is 10.3. The molecule has 0 aromatic carbocycles. The van der Waals surface area contributed by atoms with Crippen molar-refractivity contribution >= 4 is 23.4 Å². The highest BCUT2D eigenvalue weighted by atomic mass is 35.5. The Bertz CT molecular complexity index is 561. The molecular formula is C11H10ClF2N5O. The maximum Gasteiger partial charge on any atom is 0.387 e. The van der Waals surface area contributed by atoms with Gasteiger partial charge in [-0.1, -0.05) is 11.6 Å². The molecule has 0 aliphatic heterocycles. The van der Waals surface area contributed by atoms with E-state index < -0.39 is 6.61 Å². The Hall–Kier alpha value is -2.22. The molecule has 0 bridgehead atoms. The second-order valence-corrected chi connectivity index (χ2v) is 4.04. The van der Waals surface area contributed by atoms with Crippen LogP contribution >= 0.6 is 11.6 Å². The standard InChI is InChI=1S/C11H10ClF2N5O/c12-8-3-9(19-11(15)18-8)17-4-6-1-2-7(5-16-6)20-10(13)14/h1-3,5,10H,4H2,(H3,15,17,18,19). The van der Waals surface area contributed by atoms with Gasteiger partial charge in [0, 0.05) is 6.07 Å². The first-order chi connectivity index (χ1) is 9.52. The lowest BCUT2D eigenvalue weighted by Gasteiger charge is -2.07. The summed E-state index contributed by atoms with van der Waals surface area (Å²) in [6, 6.07) is 4.46. The Labute approximate surface area is 118 Å². The van der Waals surface area contributed by atoms with Crippen molar-refractivity contribution in [3.8, 4) is 5.75 Å². The van der Waals surface area contributed by atoms with Crippen LogP contribution in [0.2, 0.25) is 5.15 Å². The van der Waals surface area contributed by atoms with Gasteiger partial charge in [-0.25, -0.2) is 4.98 Å². The van der Waals surface area contributed by atoms with Crippen LogP contribution < -0.4 is 15.8 Å². The number of ether oxygens (including phenoxy) is 1. The molecule has 3 N–H and O–H groups in total. The average molecular weight is 302 g/mol. The summed E-state index contributed by atoms with van der Waals surface area (Å²) < 4.78 is 28.1. The molecule has 2 heterocycles. The minimum Gasteiger partial charge on any atom is -0.433 e. The zero-order valence-electron chi connectivity index (χ0n) is 10.1. The molecule has 9 heteroatoms. The van der Waals surface area contributed by atoms with Crippen LogP contribution in [-0.2, 0) is 6.54 Å². The molecule has 2 rings (SSSR count). The van der Waals surface area contributed by atoms with Gasteiger partial charge in [-0.3, -0.25) is 4.98 Å². The third-order valence-electron chi connectivity index (χ3n) is 2.19. The van der Waals surface area contributed by atoms with Crippen molar-refractivity contribution in [3.05, 3.63) is 35.2 Å². The largest absolute Gasteiger partial charge is 0.433 e. The van der Waals surface area contributed by atoms with Gasteiger partial charge >= 0.3 is 6.61 Å². The molecule has 20 heavy (non-hydrogen) atoms. The smallest absolute Gasteiger partial charge is 0.387 e. The number of nitrogens with one attached hydrogen (secondary N) is 1. The number of hydrogen-bond acceptors (Lipinski definition) is 6. The highest BCUT2D eigenvalue weighted by Gasteiger charge is 2.05. The number of alkyl halides is 2. The van der Waals surface area contributed by atoms with E-state index in [0.717, 1.165) is 0 Å². The lowest BCUT2D eigenvalue weighted by Crippen LogP contribution is -2.06. The summed E-state index contributed by atoms with van der Waals surface area (Å²) in [6.07, 6.45) is 1.21. The van der Waals surface area contributed by atoms with E-state index in [9.17, 15) is 8.78 Å². The molecular weight excluding hydrogens is 292 g/mol. The van der Waals surface area contributed by atoms with E-state index in [2.05, 4.69) is 25.0 Å². The van der Waals surface area contributed by atoms with Crippen molar-refractivity contribution in [3.63, 3.8) is 0 Å². The quantitative estimate of drug-likeness (QED) is 0.824. The summed E-state index contributed by atoms with van der Waals surface area (Å²) in [5, 5.41) is 3.15. The summed E-state index contributed by atoms with van der Waals surface area (Å²) in [6.45, 7) is -2.55. The van der Waals surface area contributed by atoms with Gasteiger partial charge in [0.2, 0.25) is 5.95 Å². The van der Waals surface area contributed by atoms with Crippen molar-refractivity contribution in [1.29, 1.82) is 0 Å². The molecule has 0 amide bonds. The summed E-state index contributed by atoms with van der Waals surface area (Å²) in [5.41, 5.74) is 6.06. The van der Waals surface area contributed by atoms with Crippen LogP contribution in [0.1, 0.15) is 5.69 Å². The number of nitrogen functional groups attached to an aromatic ring is 1. The molecule has 2 aromatic rings. The van der Waals surface area contributed by atoms with Crippen LogP contribution in [-0.4, -0.2) is 21.6 Å². The minimum atomic E-state index is -2.87. The van der Waals surface area contributed by atoms with E-state index in [-0.39, 0.29) is 16.9 Å². The van der Waals surface area contributed by atoms with E-state index in [0.29, 0.717) is 18.1 Å². The van der Waals surface area contributed by atoms with Crippen molar-refractivity contribution in [1.82, 2.24) is 15.0 Å². The van der Waals surface area contributed by atoms with Gasteiger partial charge in [0.25, 0.3) is 0 Å². The van der Waals surface area contributed by atoms with Gasteiger partial charge in [0.05, 0.1) is 18.4 Å². The molecule has 0 radical (unpaired) electrons. The van der Waals surface area contributed by atoms with Crippen molar-refractivity contribution in [2.45, 2.75) is 13.2 Å². The SMILES string of the molecule is Nc1nc(Cl)cc(NCc2ccc(OC(F)F)cn2)n1. The fourth-order valence-electron chi connectivity index (χ4n) is 1.39. The fraction of sp³-hybridized carbons (Fsp3) is 0.182.